The van der Waals surface area contributed by atoms with Crippen LogP contribution in [-0.2, 0) is 0 Å². The van der Waals surface area contributed by atoms with E-state index in [9.17, 15) is 9.18 Å². The highest BCUT2D eigenvalue weighted by Crippen LogP contribution is 2.26. The monoisotopic (exact) mass is 319 g/mol. The highest BCUT2D eigenvalue weighted by molar-refractivity contribution is 9.10. The van der Waals surface area contributed by atoms with Crippen molar-refractivity contribution in [2.45, 2.75) is 19.3 Å². The lowest BCUT2D eigenvalue weighted by atomic mass is 10.1. The highest BCUT2D eigenvalue weighted by atomic mass is 79.9. The summed E-state index contributed by atoms with van der Waals surface area (Å²) in [7, 11) is 0. The molecular weight excluding hydrogens is 308 g/mol. The zero-order chi connectivity index (χ0) is 12.4. The van der Waals surface area contributed by atoms with Crippen LogP contribution >= 0.6 is 27.5 Å². The molecule has 0 bridgehead atoms. The van der Waals surface area contributed by atoms with Crippen LogP contribution in [0.1, 0.15) is 29.6 Å². The fourth-order valence-electron chi connectivity index (χ4n) is 1.95. The van der Waals surface area contributed by atoms with Crippen LogP contribution in [0.25, 0.3) is 0 Å². The molecule has 1 saturated heterocycles. The van der Waals surface area contributed by atoms with Gasteiger partial charge in [-0.2, -0.15) is 0 Å². The third kappa shape index (κ3) is 2.80. The summed E-state index contributed by atoms with van der Waals surface area (Å²) in [5, 5.41) is 0.353. The summed E-state index contributed by atoms with van der Waals surface area (Å²) in [6.07, 6.45) is 3.10. The Kier molecular flexibility index (Phi) is 4.05. The average Bonchev–Trinajstić information content (AvgIpc) is 2.34. The largest absolute Gasteiger partial charge is 0.339 e. The van der Waals surface area contributed by atoms with Gasteiger partial charge in [0.15, 0.2) is 0 Å². The van der Waals surface area contributed by atoms with Crippen LogP contribution in [0, 0.1) is 5.82 Å². The summed E-state index contributed by atoms with van der Waals surface area (Å²) in [6.45, 7) is 1.40. The number of rotatable bonds is 1. The van der Waals surface area contributed by atoms with E-state index in [0.29, 0.717) is 22.6 Å². The van der Waals surface area contributed by atoms with Crippen molar-refractivity contribution < 1.29 is 9.18 Å². The van der Waals surface area contributed by atoms with Crippen LogP contribution in [0.5, 0.6) is 0 Å². The second-order valence-corrected chi connectivity index (χ2v) is 5.36. The van der Waals surface area contributed by atoms with Crippen molar-refractivity contribution in [3.8, 4) is 0 Å². The van der Waals surface area contributed by atoms with Crippen molar-refractivity contribution in [3.05, 3.63) is 33.0 Å². The van der Waals surface area contributed by atoms with E-state index < -0.39 is 5.82 Å². The van der Waals surface area contributed by atoms with Gasteiger partial charge in [-0.3, -0.25) is 4.79 Å². The van der Waals surface area contributed by atoms with Gasteiger partial charge in [0.05, 0.1) is 10.6 Å². The molecule has 0 saturated carbocycles. The number of piperidine rings is 1. The molecule has 0 atom stereocenters. The van der Waals surface area contributed by atoms with E-state index in [0.717, 1.165) is 19.3 Å². The van der Waals surface area contributed by atoms with Crippen molar-refractivity contribution >= 4 is 33.4 Å². The van der Waals surface area contributed by atoms with Crippen molar-refractivity contribution in [2.24, 2.45) is 0 Å². The molecule has 1 aromatic carbocycles. The second-order valence-electron chi connectivity index (χ2n) is 4.10. The van der Waals surface area contributed by atoms with Crippen LogP contribution in [-0.4, -0.2) is 23.9 Å². The van der Waals surface area contributed by atoms with Crippen molar-refractivity contribution in [1.29, 1.82) is 0 Å². The number of likely N-dealkylation sites (tertiary alicyclic amines) is 1. The fourth-order valence-corrected chi connectivity index (χ4v) is 2.43. The molecule has 0 aromatic heterocycles. The third-order valence-electron chi connectivity index (χ3n) is 2.88. The summed E-state index contributed by atoms with van der Waals surface area (Å²) in [5.41, 5.74) is 0.0556. The van der Waals surface area contributed by atoms with E-state index in [1.54, 1.807) is 4.90 Å². The lowest BCUT2D eigenvalue weighted by Gasteiger charge is -2.26. The lowest BCUT2D eigenvalue weighted by molar-refractivity contribution is 0.0719. The van der Waals surface area contributed by atoms with Gasteiger partial charge in [-0.25, -0.2) is 4.39 Å². The predicted octanol–water partition coefficient (Wildman–Crippen LogP) is 3.87. The molecule has 0 N–H and O–H groups in total. The Morgan fingerprint density at radius 1 is 1.29 bits per heavy atom. The van der Waals surface area contributed by atoms with Crippen molar-refractivity contribution in [2.75, 3.05) is 13.1 Å². The zero-order valence-electron chi connectivity index (χ0n) is 9.18. The number of hydrogen-bond donors (Lipinski definition) is 0. The molecule has 2 rings (SSSR count). The van der Waals surface area contributed by atoms with Gasteiger partial charge in [0.1, 0.15) is 5.82 Å². The van der Waals surface area contributed by atoms with Crippen molar-refractivity contribution in [3.63, 3.8) is 0 Å². The molecular formula is C12H12BrClFNO. The smallest absolute Gasteiger partial charge is 0.256 e. The van der Waals surface area contributed by atoms with E-state index in [4.69, 9.17) is 11.6 Å². The molecule has 1 aliphatic rings. The first-order valence-electron chi connectivity index (χ1n) is 5.53. The van der Waals surface area contributed by atoms with Gasteiger partial charge in [0.2, 0.25) is 0 Å². The molecule has 0 spiro atoms. The predicted molar refractivity (Wildman–Crippen MR) is 68.9 cm³/mol. The molecule has 0 aliphatic carbocycles. The van der Waals surface area contributed by atoms with Crippen molar-refractivity contribution in [1.82, 2.24) is 4.90 Å². The van der Waals surface area contributed by atoms with E-state index in [1.807, 2.05) is 0 Å². The number of nitrogens with zero attached hydrogens (tertiary/aromatic N) is 1. The molecule has 5 heteroatoms. The number of carbonyl (C=O) groups excluding carboxylic acids is 1. The first-order valence-corrected chi connectivity index (χ1v) is 6.70. The van der Waals surface area contributed by atoms with Crippen LogP contribution in [0.4, 0.5) is 4.39 Å². The van der Waals surface area contributed by atoms with E-state index in [1.165, 1.54) is 12.1 Å². The lowest BCUT2D eigenvalue weighted by Crippen LogP contribution is -2.36. The van der Waals surface area contributed by atoms with E-state index >= 15 is 0 Å². The number of hydrogen-bond acceptors (Lipinski definition) is 1. The van der Waals surface area contributed by atoms with Crippen LogP contribution in [0.3, 0.4) is 0 Å². The molecule has 0 radical (unpaired) electrons. The van der Waals surface area contributed by atoms with Gasteiger partial charge in [-0.05, 0) is 47.3 Å². The Balaban J connectivity index is 2.26. The standard InChI is InChI=1S/C12H12BrClFNO/c13-9-7-11(15)8(6-10(9)14)12(17)16-4-2-1-3-5-16/h6-7H,1-5H2. The molecule has 1 amide bonds. The minimum Gasteiger partial charge on any atom is -0.339 e. The first-order chi connectivity index (χ1) is 8.09. The maximum absolute atomic E-state index is 13.7. The number of benzene rings is 1. The first kappa shape index (κ1) is 12.8. The van der Waals surface area contributed by atoms with Crippen LogP contribution in [0.2, 0.25) is 5.02 Å². The molecule has 1 heterocycles. The van der Waals surface area contributed by atoms with Gasteiger partial charge in [-0.15, -0.1) is 0 Å². The Labute approximate surface area is 113 Å². The Bertz CT molecular complexity index is 446. The molecule has 1 fully saturated rings. The zero-order valence-corrected chi connectivity index (χ0v) is 11.5. The molecule has 2 nitrogen and oxygen atoms in total. The summed E-state index contributed by atoms with van der Waals surface area (Å²) >= 11 is 9.01. The normalized spacial score (nSPS) is 16.1. The minimum atomic E-state index is -0.531. The molecule has 17 heavy (non-hydrogen) atoms. The maximum Gasteiger partial charge on any atom is 0.256 e. The molecule has 92 valence electrons. The minimum absolute atomic E-state index is 0.0556. The summed E-state index contributed by atoms with van der Waals surface area (Å²) in [4.78, 5) is 13.8. The Morgan fingerprint density at radius 3 is 2.59 bits per heavy atom. The van der Waals surface area contributed by atoms with Gasteiger partial charge >= 0.3 is 0 Å². The number of halogens is 3. The van der Waals surface area contributed by atoms with Gasteiger partial charge in [0, 0.05) is 17.6 Å². The quantitative estimate of drug-likeness (QED) is 0.719. The number of amides is 1. The molecule has 0 unspecified atom stereocenters. The Hall–Kier alpha value is -0.610. The maximum atomic E-state index is 13.7. The van der Waals surface area contributed by atoms with E-state index in [2.05, 4.69) is 15.9 Å². The van der Waals surface area contributed by atoms with E-state index in [-0.39, 0.29) is 11.5 Å². The topological polar surface area (TPSA) is 20.3 Å². The average molecular weight is 321 g/mol. The van der Waals surface area contributed by atoms with Gasteiger partial charge in [-0.1, -0.05) is 11.6 Å². The third-order valence-corrected chi connectivity index (χ3v) is 4.08. The van der Waals surface area contributed by atoms with Gasteiger partial charge < -0.3 is 4.90 Å². The highest BCUT2D eigenvalue weighted by Gasteiger charge is 2.22. The molecule has 1 aromatic rings. The summed E-state index contributed by atoms with van der Waals surface area (Å²) in [5.74, 6) is -0.798. The van der Waals surface area contributed by atoms with Crippen LogP contribution < -0.4 is 0 Å². The number of carbonyl (C=O) groups is 1. The summed E-state index contributed by atoms with van der Waals surface area (Å²) in [6, 6.07) is 2.62. The summed E-state index contributed by atoms with van der Waals surface area (Å²) < 4.78 is 14.2. The van der Waals surface area contributed by atoms with Crippen LogP contribution in [0.15, 0.2) is 16.6 Å². The second kappa shape index (κ2) is 5.36. The Morgan fingerprint density at radius 2 is 1.94 bits per heavy atom. The molecule has 1 aliphatic heterocycles. The van der Waals surface area contributed by atoms with Gasteiger partial charge in [0.25, 0.3) is 5.91 Å². The fraction of sp³-hybridized carbons (Fsp3) is 0.417. The SMILES string of the molecule is O=C(c1cc(Cl)c(Br)cc1F)N1CCCCC1.